The number of amides is 1. The maximum atomic E-state index is 12.6. The Balaban J connectivity index is 1.22. The van der Waals surface area contributed by atoms with Crippen LogP contribution in [0.4, 0.5) is 0 Å². The van der Waals surface area contributed by atoms with Crippen LogP contribution in [0, 0.1) is 0 Å². The molecular weight excluding hydrogens is 554 g/mol. The summed E-state index contributed by atoms with van der Waals surface area (Å²) in [6, 6.07) is 34.9. The molecule has 0 fully saturated rings. The van der Waals surface area contributed by atoms with Gasteiger partial charge in [-0.1, -0.05) is 66.7 Å². The molecule has 5 aromatic rings. The molecule has 3 N–H and O–H groups in total. The average molecular weight is 592 g/mol. The molecule has 0 unspecified atom stereocenters. The fourth-order valence-corrected chi connectivity index (χ4v) is 4.96. The van der Waals surface area contributed by atoms with Crippen LogP contribution in [0.2, 0.25) is 0 Å². The van der Waals surface area contributed by atoms with Gasteiger partial charge in [0.15, 0.2) is 0 Å². The van der Waals surface area contributed by atoms with Crippen molar-refractivity contribution in [1.29, 1.82) is 0 Å². The summed E-state index contributed by atoms with van der Waals surface area (Å²) < 4.78 is 12.0. The maximum Gasteiger partial charge on any atom is 0.253 e. The Hall–Kier alpha value is -4.76. The molecule has 4 aromatic carbocycles. The second-order valence-corrected chi connectivity index (χ2v) is 10.5. The molecule has 0 aliphatic heterocycles. The lowest BCUT2D eigenvalue weighted by molar-refractivity contribution is 0.0659. The van der Waals surface area contributed by atoms with E-state index in [4.69, 9.17) is 14.6 Å². The summed E-state index contributed by atoms with van der Waals surface area (Å²) in [7, 11) is 0. The first-order valence-electron chi connectivity index (χ1n) is 14.7. The molecule has 1 heterocycles. The van der Waals surface area contributed by atoms with Crippen molar-refractivity contribution in [3.8, 4) is 17.2 Å². The van der Waals surface area contributed by atoms with Crippen molar-refractivity contribution >= 4 is 16.8 Å². The third-order valence-corrected chi connectivity index (χ3v) is 7.14. The number of hydrogen-bond acceptors (Lipinski definition) is 7. The molecular formula is C36H37N3O5. The van der Waals surface area contributed by atoms with Gasteiger partial charge in [-0.2, -0.15) is 0 Å². The van der Waals surface area contributed by atoms with Crippen molar-refractivity contribution in [2.24, 2.45) is 0 Å². The first-order chi connectivity index (χ1) is 21.6. The lowest BCUT2D eigenvalue weighted by atomic mass is 10.1. The molecule has 0 bridgehead atoms. The number of nitrogens with zero attached hydrogens (tertiary/aromatic N) is 2. The number of carbonyl (C=O) groups excluding carboxylic acids is 1. The molecule has 0 spiro atoms. The highest BCUT2D eigenvalue weighted by Gasteiger charge is 2.15. The van der Waals surface area contributed by atoms with E-state index in [1.54, 1.807) is 24.4 Å². The second kappa shape index (κ2) is 15.6. The standard InChI is InChI=1S/C36H37N3O5/c40-23-21-38-36(42)33-13-7-12-32-34(18-20-37-35(32)33)44-31-16-14-27(15-17-31)19-22-39(24-28-8-3-1-4-9-28)25-29(41)26-43-30-10-5-2-6-11-30/h1-18,20,29,40-41H,19,21-26H2,(H,38,42)/t29-/m0/s1. The summed E-state index contributed by atoms with van der Waals surface area (Å²) in [6.07, 6.45) is 1.78. The molecule has 5 rings (SSSR count). The van der Waals surface area contributed by atoms with Gasteiger partial charge in [0.1, 0.15) is 30.0 Å². The summed E-state index contributed by atoms with van der Waals surface area (Å²) in [5.74, 6) is 1.72. The summed E-state index contributed by atoms with van der Waals surface area (Å²) >= 11 is 0. The van der Waals surface area contributed by atoms with E-state index in [2.05, 4.69) is 27.3 Å². The SMILES string of the molecule is O=C(NCCO)c1cccc2c(Oc3ccc(CCN(Cc4ccccc4)C[C@H](O)COc4ccccc4)cc3)ccnc12. The topological polar surface area (TPSA) is 104 Å². The van der Waals surface area contributed by atoms with Crippen molar-refractivity contribution in [2.75, 3.05) is 32.8 Å². The van der Waals surface area contributed by atoms with Gasteiger partial charge < -0.3 is 25.0 Å². The molecule has 1 amide bonds. The van der Waals surface area contributed by atoms with Crippen LogP contribution < -0.4 is 14.8 Å². The fourth-order valence-electron chi connectivity index (χ4n) is 4.96. The number of hydrogen-bond donors (Lipinski definition) is 3. The highest BCUT2D eigenvalue weighted by atomic mass is 16.5. The van der Waals surface area contributed by atoms with Gasteiger partial charge in [0.25, 0.3) is 5.91 Å². The molecule has 1 aromatic heterocycles. The van der Waals surface area contributed by atoms with Crippen LogP contribution in [0.3, 0.4) is 0 Å². The molecule has 8 nitrogen and oxygen atoms in total. The maximum absolute atomic E-state index is 12.6. The number of rotatable bonds is 15. The van der Waals surface area contributed by atoms with Gasteiger partial charge in [0.2, 0.25) is 0 Å². The van der Waals surface area contributed by atoms with Gasteiger partial charge in [0.05, 0.1) is 17.7 Å². The normalized spacial score (nSPS) is 11.8. The molecule has 0 saturated carbocycles. The monoisotopic (exact) mass is 591 g/mol. The highest BCUT2D eigenvalue weighted by Crippen LogP contribution is 2.30. The smallest absolute Gasteiger partial charge is 0.253 e. The number of ether oxygens (including phenoxy) is 2. The zero-order valence-corrected chi connectivity index (χ0v) is 24.5. The molecule has 226 valence electrons. The largest absolute Gasteiger partial charge is 0.491 e. The Morgan fingerprint density at radius 1 is 0.841 bits per heavy atom. The van der Waals surface area contributed by atoms with E-state index in [9.17, 15) is 9.90 Å². The Kier molecular flexibility index (Phi) is 10.9. The van der Waals surface area contributed by atoms with E-state index in [1.807, 2.05) is 78.9 Å². The van der Waals surface area contributed by atoms with Crippen molar-refractivity contribution in [3.05, 3.63) is 132 Å². The van der Waals surface area contributed by atoms with E-state index in [0.717, 1.165) is 36.2 Å². The molecule has 0 radical (unpaired) electrons. The predicted molar refractivity (Wildman–Crippen MR) is 171 cm³/mol. The second-order valence-electron chi connectivity index (χ2n) is 10.5. The Labute approximate surface area is 257 Å². The highest BCUT2D eigenvalue weighted by molar-refractivity contribution is 6.06. The Morgan fingerprint density at radius 2 is 1.59 bits per heavy atom. The van der Waals surface area contributed by atoms with Gasteiger partial charge in [-0.3, -0.25) is 14.7 Å². The van der Waals surface area contributed by atoms with Crippen LogP contribution in [0.15, 0.2) is 115 Å². The van der Waals surface area contributed by atoms with E-state index >= 15 is 0 Å². The minimum Gasteiger partial charge on any atom is -0.491 e. The number of aliphatic hydroxyl groups is 2. The number of fused-ring (bicyclic) bond motifs is 1. The first kappa shape index (κ1) is 30.7. The summed E-state index contributed by atoms with van der Waals surface area (Å²) in [6.45, 7) is 2.22. The van der Waals surface area contributed by atoms with Crippen molar-refractivity contribution in [1.82, 2.24) is 15.2 Å². The summed E-state index contributed by atoms with van der Waals surface area (Å²) in [4.78, 5) is 19.2. The van der Waals surface area contributed by atoms with E-state index in [1.165, 1.54) is 5.56 Å². The molecule has 0 aliphatic rings. The zero-order valence-electron chi connectivity index (χ0n) is 24.5. The van der Waals surface area contributed by atoms with Crippen molar-refractivity contribution in [3.63, 3.8) is 0 Å². The number of aliphatic hydroxyl groups excluding tert-OH is 2. The summed E-state index contributed by atoms with van der Waals surface area (Å²) in [5.41, 5.74) is 3.29. The number of para-hydroxylation sites is 2. The van der Waals surface area contributed by atoms with Crippen LogP contribution >= 0.6 is 0 Å². The third-order valence-electron chi connectivity index (χ3n) is 7.14. The van der Waals surface area contributed by atoms with Gasteiger partial charge in [0, 0.05) is 37.8 Å². The van der Waals surface area contributed by atoms with Crippen LogP contribution in [-0.2, 0) is 13.0 Å². The van der Waals surface area contributed by atoms with Crippen molar-refractivity contribution < 1.29 is 24.5 Å². The lowest BCUT2D eigenvalue weighted by Gasteiger charge is -2.25. The van der Waals surface area contributed by atoms with Crippen LogP contribution in [-0.4, -0.2) is 65.0 Å². The van der Waals surface area contributed by atoms with Crippen LogP contribution in [0.5, 0.6) is 17.2 Å². The number of carbonyl (C=O) groups is 1. The number of pyridine rings is 1. The minimum absolute atomic E-state index is 0.134. The van der Waals surface area contributed by atoms with E-state index in [0.29, 0.717) is 29.1 Å². The van der Waals surface area contributed by atoms with Crippen LogP contribution in [0.25, 0.3) is 10.9 Å². The van der Waals surface area contributed by atoms with Crippen LogP contribution in [0.1, 0.15) is 21.5 Å². The lowest BCUT2D eigenvalue weighted by Crippen LogP contribution is -2.36. The quantitative estimate of drug-likeness (QED) is 0.153. The van der Waals surface area contributed by atoms with Gasteiger partial charge >= 0.3 is 0 Å². The van der Waals surface area contributed by atoms with Gasteiger partial charge in [-0.15, -0.1) is 0 Å². The van der Waals surface area contributed by atoms with Gasteiger partial charge in [-0.05, 0) is 60.0 Å². The number of nitrogens with one attached hydrogen (secondary N) is 1. The molecule has 0 saturated heterocycles. The average Bonchev–Trinajstić information content (AvgIpc) is 3.06. The third kappa shape index (κ3) is 8.64. The number of benzene rings is 4. The Morgan fingerprint density at radius 3 is 2.34 bits per heavy atom. The predicted octanol–water partition coefficient (Wildman–Crippen LogP) is 5.23. The Bertz CT molecular complexity index is 1610. The van der Waals surface area contributed by atoms with Gasteiger partial charge in [-0.25, -0.2) is 0 Å². The molecule has 44 heavy (non-hydrogen) atoms. The molecule has 0 aliphatic carbocycles. The fraction of sp³-hybridized carbons (Fsp3) is 0.222. The molecule has 1 atom stereocenters. The molecule has 8 heteroatoms. The van der Waals surface area contributed by atoms with Crippen molar-refractivity contribution in [2.45, 2.75) is 19.1 Å². The first-order valence-corrected chi connectivity index (χ1v) is 14.7. The summed E-state index contributed by atoms with van der Waals surface area (Å²) in [5, 5.41) is 23.2. The number of aromatic nitrogens is 1. The zero-order chi connectivity index (χ0) is 30.6. The van der Waals surface area contributed by atoms with E-state index in [-0.39, 0.29) is 25.7 Å². The van der Waals surface area contributed by atoms with E-state index < -0.39 is 6.10 Å². The minimum atomic E-state index is -0.633.